The summed E-state index contributed by atoms with van der Waals surface area (Å²) in [5.41, 5.74) is 2.57. The fraction of sp³-hybridized carbons (Fsp3) is 0.556. The molecule has 0 saturated carbocycles. The maximum atomic E-state index is 12.5. The van der Waals surface area contributed by atoms with Crippen molar-refractivity contribution < 1.29 is 18.3 Å². The number of hydrogen-bond acceptors (Lipinski definition) is 4. The van der Waals surface area contributed by atoms with Crippen LogP contribution in [0.5, 0.6) is 0 Å². The minimum absolute atomic E-state index is 0.0440. The van der Waals surface area contributed by atoms with Gasteiger partial charge < -0.3 is 14.7 Å². The lowest BCUT2D eigenvalue weighted by atomic mass is 10.1. The molecule has 1 unspecified atom stereocenters. The van der Waals surface area contributed by atoms with E-state index in [0.717, 1.165) is 27.9 Å². The highest BCUT2D eigenvalue weighted by atomic mass is 19.4. The Balaban J connectivity index is 1.62. The first kappa shape index (κ1) is 18.2. The van der Waals surface area contributed by atoms with E-state index in [1.54, 1.807) is 6.20 Å². The molecule has 9 heteroatoms. The van der Waals surface area contributed by atoms with Crippen LogP contribution in [0.2, 0.25) is 0 Å². The molecule has 0 spiro atoms. The van der Waals surface area contributed by atoms with E-state index in [1.807, 2.05) is 24.1 Å². The predicted octanol–water partition coefficient (Wildman–Crippen LogP) is 3.17. The molecular weight excluding hydrogens is 359 g/mol. The lowest BCUT2D eigenvalue weighted by Gasteiger charge is -2.22. The summed E-state index contributed by atoms with van der Waals surface area (Å²) < 4.78 is 39.5. The quantitative estimate of drug-likeness (QED) is 0.712. The van der Waals surface area contributed by atoms with Gasteiger partial charge in [-0.25, -0.2) is 9.97 Å². The Morgan fingerprint density at radius 2 is 2.19 bits per heavy atom. The van der Waals surface area contributed by atoms with Crippen molar-refractivity contribution in [3.8, 4) is 0 Å². The van der Waals surface area contributed by atoms with Gasteiger partial charge in [-0.15, -0.1) is 0 Å². The van der Waals surface area contributed by atoms with Crippen LogP contribution in [0.25, 0.3) is 22.1 Å². The van der Waals surface area contributed by atoms with Crippen LogP contribution in [0, 0.1) is 6.92 Å². The van der Waals surface area contributed by atoms with E-state index in [9.17, 15) is 18.3 Å². The molecule has 1 fully saturated rings. The van der Waals surface area contributed by atoms with E-state index in [4.69, 9.17) is 0 Å². The Morgan fingerprint density at radius 1 is 1.37 bits per heavy atom. The van der Waals surface area contributed by atoms with E-state index in [-0.39, 0.29) is 25.1 Å². The Labute approximate surface area is 154 Å². The van der Waals surface area contributed by atoms with Gasteiger partial charge in [0, 0.05) is 36.6 Å². The topological polar surface area (TPSA) is 70.0 Å². The summed E-state index contributed by atoms with van der Waals surface area (Å²) in [6.45, 7) is 2.80. The van der Waals surface area contributed by atoms with E-state index in [1.165, 1.54) is 0 Å². The summed E-state index contributed by atoms with van der Waals surface area (Å²) in [4.78, 5) is 14.1. The van der Waals surface area contributed by atoms with Crippen LogP contribution in [0.1, 0.15) is 31.1 Å². The van der Waals surface area contributed by atoms with Crippen molar-refractivity contribution in [3.05, 3.63) is 24.3 Å². The zero-order valence-corrected chi connectivity index (χ0v) is 15.0. The summed E-state index contributed by atoms with van der Waals surface area (Å²) in [5.74, 6) is 0.847. The molecule has 0 bridgehead atoms. The third-order valence-corrected chi connectivity index (χ3v) is 5.40. The van der Waals surface area contributed by atoms with Gasteiger partial charge in [-0.05, 0) is 32.4 Å². The molecule has 0 aliphatic carbocycles. The molecule has 3 aromatic rings. The van der Waals surface area contributed by atoms with Crippen LogP contribution < -0.4 is 0 Å². The first-order valence-electron chi connectivity index (χ1n) is 9.09. The van der Waals surface area contributed by atoms with Gasteiger partial charge in [-0.2, -0.15) is 13.2 Å². The summed E-state index contributed by atoms with van der Waals surface area (Å²) in [5, 5.41) is 10.7. The highest BCUT2D eigenvalue weighted by Crippen LogP contribution is 2.34. The van der Waals surface area contributed by atoms with Crippen LogP contribution in [0.4, 0.5) is 13.2 Å². The number of pyridine rings is 1. The number of aryl methyl sites for hydroxylation is 1. The smallest absolute Gasteiger partial charge is 0.389 e. The monoisotopic (exact) mass is 381 g/mol. The van der Waals surface area contributed by atoms with Crippen LogP contribution in [0.3, 0.4) is 0 Å². The second-order valence-corrected chi connectivity index (χ2v) is 7.20. The van der Waals surface area contributed by atoms with Crippen LogP contribution in [-0.2, 0) is 0 Å². The first-order chi connectivity index (χ1) is 12.9. The van der Waals surface area contributed by atoms with Crippen molar-refractivity contribution in [2.75, 3.05) is 19.7 Å². The molecule has 0 amide bonds. The SMILES string of the molecule is Cc1nc2cnc3[nH]ccc3c2n1C1C[C@H](CO)N(CCCC(F)(F)F)C1. The van der Waals surface area contributed by atoms with Gasteiger partial charge >= 0.3 is 6.18 Å². The van der Waals surface area contributed by atoms with Gasteiger partial charge in [0.25, 0.3) is 0 Å². The number of likely N-dealkylation sites (tertiary alicyclic amines) is 1. The van der Waals surface area contributed by atoms with Crippen molar-refractivity contribution in [2.24, 2.45) is 0 Å². The average molecular weight is 381 g/mol. The lowest BCUT2D eigenvalue weighted by molar-refractivity contribution is -0.136. The van der Waals surface area contributed by atoms with E-state index >= 15 is 0 Å². The van der Waals surface area contributed by atoms with Crippen LogP contribution >= 0.6 is 0 Å². The molecule has 1 saturated heterocycles. The number of hydrogen-bond donors (Lipinski definition) is 2. The number of aromatic nitrogens is 4. The number of nitrogens with one attached hydrogen (secondary N) is 1. The summed E-state index contributed by atoms with van der Waals surface area (Å²) in [6, 6.07) is 1.88. The van der Waals surface area contributed by atoms with Gasteiger partial charge in [0.15, 0.2) is 0 Å². The van der Waals surface area contributed by atoms with Crippen LogP contribution in [-0.4, -0.2) is 61.4 Å². The maximum Gasteiger partial charge on any atom is 0.389 e. The van der Waals surface area contributed by atoms with Gasteiger partial charge in [-0.1, -0.05) is 0 Å². The van der Waals surface area contributed by atoms with Crippen LogP contribution in [0.15, 0.2) is 18.5 Å². The van der Waals surface area contributed by atoms with Crippen molar-refractivity contribution >= 4 is 22.1 Å². The normalized spacial score (nSPS) is 21.7. The fourth-order valence-electron chi connectivity index (χ4n) is 4.25. The van der Waals surface area contributed by atoms with E-state index in [2.05, 4.69) is 19.5 Å². The number of H-pyrrole nitrogens is 1. The Kier molecular flexibility index (Phi) is 4.59. The van der Waals surface area contributed by atoms with Crippen molar-refractivity contribution in [2.45, 2.75) is 44.4 Å². The highest BCUT2D eigenvalue weighted by Gasteiger charge is 2.35. The molecule has 1 aliphatic heterocycles. The summed E-state index contributed by atoms with van der Waals surface area (Å²) in [6.07, 6.45) is -0.645. The second kappa shape index (κ2) is 6.79. The minimum Gasteiger partial charge on any atom is -0.395 e. The Morgan fingerprint density at radius 3 is 2.93 bits per heavy atom. The Hall–Kier alpha value is -2.13. The van der Waals surface area contributed by atoms with E-state index < -0.39 is 12.6 Å². The predicted molar refractivity (Wildman–Crippen MR) is 95.5 cm³/mol. The molecule has 1 aliphatic rings. The number of fused-ring (bicyclic) bond motifs is 3. The first-order valence-corrected chi connectivity index (χ1v) is 9.09. The molecule has 2 atom stereocenters. The fourth-order valence-corrected chi connectivity index (χ4v) is 4.25. The van der Waals surface area contributed by atoms with Gasteiger partial charge in [-0.3, -0.25) is 4.90 Å². The molecule has 4 rings (SSSR count). The van der Waals surface area contributed by atoms with Gasteiger partial charge in [0.2, 0.25) is 0 Å². The molecule has 0 radical (unpaired) electrons. The van der Waals surface area contributed by atoms with Gasteiger partial charge in [0.1, 0.15) is 17.0 Å². The number of imidazole rings is 1. The molecule has 3 aromatic heterocycles. The largest absolute Gasteiger partial charge is 0.395 e. The average Bonchev–Trinajstić information content (AvgIpc) is 3.28. The molecule has 27 heavy (non-hydrogen) atoms. The summed E-state index contributed by atoms with van der Waals surface area (Å²) >= 11 is 0. The number of rotatable bonds is 5. The van der Waals surface area contributed by atoms with E-state index in [0.29, 0.717) is 19.5 Å². The zero-order valence-electron chi connectivity index (χ0n) is 15.0. The number of aliphatic hydroxyl groups excluding tert-OH is 1. The molecule has 146 valence electrons. The van der Waals surface area contributed by atoms with Gasteiger partial charge in [0.05, 0.1) is 18.3 Å². The molecule has 4 heterocycles. The number of nitrogens with zero attached hydrogens (tertiary/aromatic N) is 4. The number of aliphatic hydroxyl groups is 1. The third kappa shape index (κ3) is 3.41. The molecule has 6 nitrogen and oxygen atoms in total. The molecule has 2 N–H and O–H groups in total. The van der Waals surface area contributed by atoms with Crippen molar-refractivity contribution in [3.63, 3.8) is 0 Å². The maximum absolute atomic E-state index is 12.5. The summed E-state index contributed by atoms with van der Waals surface area (Å²) in [7, 11) is 0. The Bertz CT molecular complexity index is 948. The standard InChI is InChI=1S/C18H22F3N5O/c1-11-24-15-8-23-17-14(3-5-22-17)16(15)26(11)12-7-13(10-27)25(9-12)6-2-4-18(19,20)21/h3,5,8,12-13,27H,2,4,6-7,9-10H2,1H3,(H,22,23)/t12?,13-/m1/s1. The van der Waals surface area contributed by atoms with Crippen molar-refractivity contribution in [1.82, 2.24) is 24.4 Å². The number of halogens is 3. The molecular formula is C18H22F3N5O. The molecule has 0 aromatic carbocycles. The van der Waals surface area contributed by atoms with Crippen molar-refractivity contribution in [1.29, 1.82) is 0 Å². The third-order valence-electron chi connectivity index (χ3n) is 5.40. The minimum atomic E-state index is -4.14. The second-order valence-electron chi connectivity index (χ2n) is 7.20. The zero-order chi connectivity index (χ0) is 19.2. The highest BCUT2D eigenvalue weighted by molar-refractivity contribution is 6.01. The number of aromatic amines is 1. The lowest BCUT2D eigenvalue weighted by Crippen LogP contribution is -2.33. The number of alkyl halides is 3.